The number of halogens is 5. The van der Waals surface area contributed by atoms with Crippen LogP contribution in [-0.2, 0) is 21.4 Å². The number of hydrogen-bond acceptors (Lipinski definition) is 6. The number of esters is 1. The van der Waals surface area contributed by atoms with Gasteiger partial charge in [-0.2, -0.15) is 13.9 Å². The third kappa shape index (κ3) is 5.79. The number of rotatable bonds is 6. The number of carbonyl (C=O) groups excluding carboxylic acids is 1. The molecule has 0 saturated heterocycles. The van der Waals surface area contributed by atoms with Crippen molar-refractivity contribution in [3.8, 4) is 29.0 Å². The van der Waals surface area contributed by atoms with Gasteiger partial charge < -0.3 is 14.3 Å². The Morgan fingerprint density at radius 3 is 2.79 bits per heavy atom. The maximum absolute atomic E-state index is 14.4. The molecule has 0 radical (unpaired) electrons. The summed E-state index contributed by atoms with van der Waals surface area (Å²) < 4.78 is 49.4. The molecular formula is C17H12Cl2F3N3O4. The second kappa shape index (κ2) is 10.0. The van der Waals surface area contributed by atoms with Crippen LogP contribution in [0.5, 0.6) is 5.88 Å². The molecule has 0 aliphatic heterocycles. The molecule has 0 N–H and O–H groups in total. The van der Waals surface area contributed by atoms with Gasteiger partial charge >= 0.3 is 12.6 Å². The van der Waals surface area contributed by atoms with Crippen LogP contribution in [0.1, 0.15) is 5.56 Å². The summed E-state index contributed by atoms with van der Waals surface area (Å²) in [4.78, 5) is 16.0. The summed E-state index contributed by atoms with van der Waals surface area (Å²) in [6.07, 6.45) is 1.20. The van der Waals surface area contributed by atoms with Gasteiger partial charge in [0.2, 0.25) is 5.88 Å². The molecule has 29 heavy (non-hydrogen) atoms. The predicted molar refractivity (Wildman–Crippen MR) is 98.6 cm³/mol. The number of nitrogens with zero attached hydrogens (tertiary/aromatic N) is 3. The van der Waals surface area contributed by atoms with Crippen molar-refractivity contribution in [1.29, 1.82) is 0 Å². The van der Waals surface area contributed by atoms with Crippen LogP contribution in [0.15, 0.2) is 17.3 Å². The average Bonchev–Trinajstić information content (AvgIpc) is 2.92. The summed E-state index contributed by atoms with van der Waals surface area (Å²) in [5, 5.41) is 6.85. The van der Waals surface area contributed by atoms with Gasteiger partial charge in [0.1, 0.15) is 30.3 Å². The predicted octanol–water partition coefficient (Wildman–Crippen LogP) is 3.66. The summed E-state index contributed by atoms with van der Waals surface area (Å²) in [5.74, 6) is 2.44. The second-order valence-corrected chi connectivity index (χ2v) is 5.89. The maximum atomic E-state index is 14.4. The van der Waals surface area contributed by atoms with Gasteiger partial charge in [0.25, 0.3) is 0 Å². The molecule has 0 amide bonds. The zero-order valence-electron chi connectivity index (χ0n) is 14.9. The first kappa shape index (κ1) is 22.4. The smallest absolute Gasteiger partial charge is 0.388 e. The Kier molecular flexibility index (Phi) is 7.75. The third-order valence-corrected chi connectivity index (χ3v) is 3.87. The molecule has 1 heterocycles. The van der Waals surface area contributed by atoms with Crippen molar-refractivity contribution in [2.24, 2.45) is 12.2 Å². The lowest BCUT2D eigenvalue weighted by Gasteiger charge is -2.05. The highest BCUT2D eigenvalue weighted by Gasteiger charge is 2.23. The molecule has 12 heteroatoms. The molecule has 0 aliphatic carbocycles. The first-order valence-corrected chi connectivity index (χ1v) is 8.40. The van der Waals surface area contributed by atoms with Crippen molar-refractivity contribution < 1.29 is 32.3 Å². The van der Waals surface area contributed by atoms with Crippen LogP contribution in [0.3, 0.4) is 0 Å². The van der Waals surface area contributed by atoms with Crippen LogP contribution in [-0.4, -0.2) is 42.3 Å². The Morgan fingerprint density at radius 1 is 1.41 bits per heavy atom. The lowest BCUT2D eigenvalue weighted by Crippen LogP contribution is -2.06. The summed E-state index contributed by atoms with van der Waals surface area (Å²) in [6.45, 7) is -3.31. The maximum Gasteiger partial charge on any atom is 0.388 e. The van der Waals surface area contributed by atoms with E-state index in [9.17, 15) is 18.0 Å². The normalized spacial score (nSPS) is 10.8. The molecule has 0 aliphatic rings. The van der Waals surface area contributed by atoms with E-state index in [4.69, 9.17) is 27.9 Å². The van der Waals surface area contributed by atoms with E-state index in [1.54, 1.807) is 0 Å². The highest BCUT2D eigenvalue weighted by atomic mass is 35.5. The summed E-state index contributed by atoms with van der Waals surface area (Å²) in [6, 6.07) is 2.10. The summed E-state index contributed by atoms with van der Waals surface area (Å²) >= 11 is 12.0. The lowest BCUT2D eigenvalue weighted by molar-refractivity contribution is -0.135. The first-order valence-electron chi connectivity index (χ1n) is 7.65. The molecule has 0 spiro atoms. The fraction of sp³-hybridized carbons (Fsp3) is 0.235. The number of alkyl halides is 2. The lowest BCUT2D eigenvalue weighted by atomic mass is 10.1. The minimum atomic E-state index is -3.15. The minimum absolute atomic E-state index is 0.0589. The first-order chi connectivity index (χ1) is 13.7. The monoisotopic (exact) mass is 449 g/mol. The highest BCUT2D eigenvalue weighted by molar-refractivity contribution is 6.34. The van der Waals surface area contributed by atoms with Crippen LogP contribution in [0.2, 0.25) is 10.0 Å². The molecule has 7 nitrogen and oxygen atoms in total. The standard InChI is InChI=1S/C17H12Cl2F3N3O4/c1-25-16(29-17(21)22)14(19)15(24-25)10-7-9(11(18)8-12(10)20)3-4-13(26)28-6-5-23-27-2/h5,7-8,17H,6H2,1-2H3. The van der Waals surface area contributed by atoms with Crippen LogP contribution in [0.4, 0.5) is 13.2 Å². The quantitative estimate of drug-likeness (QED) is 0.291. The van der Waals surface area contributed by atoms with E-state index >= 15 is 0 Å². The van der Waals surface area contributed by atoms with Gasteiger partial charge in [0, 0.05) is 24.1 Å². The van der Waals surface area contributed by atoms with Crippen LogP contribution in [0.25, 0.3) is 11.3 Å². The molecule has 0 saturated carbocycles. The fourth-order valence-corrected chi connectivity index (χ4v) is 2.57. The molecule has 1 aromatic heterocycles. The van der Waals surface area contributed by atoms with Crippen molar-refractivity contribution in [3.05, 3.63) is 33.6 Å². The molecule has 1 aromatic carbocycles. The van der Waals surface area contributed by atoms with Gasteiger partial charge in [-0.05, 0) is 12.1 Å². The third-order valence-electron chi connectivity index (χ3n) is 3.22. The number of aromatic nitrogens is 2. The molecule has 0 unspecified atom stereocenters. The van der Waals surface area contributed by atoms with Gasteiger partial charge in [-0.1, -0.05) is 34.3 Å². The Balaban J connectivity index is 2.35. The zero-order valence-corrected chi connectivity index (χ0v) is 16.4. The summed E-state index contributed by atoms with van der Waals surface area (Å²) in [5.41, 5.74) is -0.284. The number of aryl methyl sites for hydroxylation is 1. The number of benzene rings is 1. The Hall–Kier alpha value is -2.90. The fourth-order valence-electron chi connectivity index (χ4n) is 2.07. The molecule has 0 atom stereocenters. The largest absolute Gasteiger partial charge is 0.450 e. The van der Waals surface area contributed by atoms with Gasteiger partial charge in [-0.15, -0.1) is 0 Å². The number of carbonyl (C=O) groups is 1. The molecule has 2 rings (SSSR count). The van der Waals surface area contributed by atoms with Gasteiger partial charge in [0.15, 0.2) is 0 Å². The van der Waals surface area contributed by atoms with Gasteiger partial charge in [-0.25, -0.2) is 13.9 Å². The zero-order chi connectivity index (χ0) is 21.6. The van der Waals surface area contributed by atoms with Crippen molar-refractivity contribution in [1.82, 2.24) is 9.78 Å². The van der Waals surface area contributed by atoms with E-state index in [2.05, 4.69) is 31.7 Å². The van der Waals surface area contributed by atoms with E-state index in [1.165, 1.54) is 26.4 Å². The van der Waals surface area contributed by atoms with Gasteiger partial charge in [-0.3, -0.25) is 0 Å². The van der Waals surface area contributed by atoms with E-state index < -0.39 is 24.3 Å². The Bertz CT molecular complexity index is 1000. The van der Waals surface area contributed by atoms with Crippen LogP contribution < -0.4 is 4.74 Å². The van der Waals surface area contributed by atoms with E-state index in [0.29, 0.717) is 0 Å². The molecular weight excluding hydrogens is 438 g/mol. The Morgan fingerprint density at radius 2 is 2.14 bits per heavy atom. The number of oxime groups is 1. The second-order valence-electron chi connectivity index (χ2n) is 5.10. The number of hydrogen-bond donors (Lipinski definition) is 0. The highest BCUT2D eigenvalue weighted by Crippen LogP contribution is 2.37. The summed E-state index contributed by atoms with van der Waals surface area (Å²) in [7, 11) is 2.62. The van der Waals surface area contributed by atoms with Crippen LogP contribution >= 0.6 is 23.2 Å². The molecule has 0 bridgehead atoms. The average molecular weight is 450 g/mol. The Labute approximate surface area is 172 Å². The SMILES string of the molecule is CON=CCOC(=O)C#Cc1cc(-c2nn(C)c(OC(F)F)c2Cl)c(F)cc1Cl. The van der Waals surface area contributed by atoms with Crippen molar-refractivity contribution >= 4 is 35.4 Å². The molecule has 0 fully saturated rings. The topological polar surface area (TPSA) is 74.9 Å². The minimum Gasteiger partial charge on any atom is -0.450 e. The van der Waals surface area contributed by atoms with Crippen molar-refractivity contribution in [2.75, 3.05) is 13.7 Å². The molecule has 154 valence electrons. The van der Waals surface area contributed by atoms with Gasteiger partial charge in [0.05, 0.1) is 11.2 Å². The molecule has 2 aromatic rings. The van der Waals surface area contributed by atoms with Crippen molar-refractivity contribution in [2.45, 2.75) is 6.61 Å². The van der Waals surface area contributed by atoms with E-state index in [0.717, 1.165) is 10.7 Å². The van der Waals surface area contributed by atoms with E-state index in [-0.39, 0.29) is 33.5 Å². The van der Waals surface area contributed by atoms with E-state index in [1.807, 2.05) is 0 Å². The van der Waals surface area contributed by atoms with Crippen LogP contribution in [0, 0.1) is 17.7 Å². The number of ether oxygens (including phenoxy) is 2. The van der Waals surface area contributed by atoms with Crippen molar-refractivity contribution in [3.63, 3.8) is 0 Å².